The van der Waals surface area contributed by atoms with Crippen molar-refractivity contribution in [3.05, 3.63) is 16.3 Å². The molecule has 0 saturated carbocycles. The second kappa shape index (κ2) is 7.57. The Labute approximate surface area is 156 Å². The molecule has 26 heavy (non-hydrogen) atoms. The first-order chi connectivity index (χ1) is 12.5. The van der Waals surface area contributed by atoms with Crippen LogP contribution in [0.1, 0.15) is 40.8 Å². The Kier molecular flexibility index (Phi) is 5.41. The topological polar surface area (TPSA) is 84.4 Å². The summed E-state index contributed by atoms with van der Waals surface area (Å²) in [4.78, 5) is 37.0. The van der Waals surface area contributed by atoms with Crippen molar-refractivity contribution >= 4 is 39.2 Å². The summed E-state index contributed by atoms with van der Waals surface area (Å²) >= 11 is 1.34. The number of fused-ring (bicyclic) bond motifs is 1. The van der Waals surface area contributed by atoms with Gasteiger partial charge in [-0.3, -0.25) is 4.79 Å². The summed E-state index contributed by atoms with van der Waals surface area (Å²) in [6, 6.07) is 0. The number of anilines is 1. The quantitative estimate of drug-likeness (QED) is 0.825. The molecule has 140 valence electrons. The van der Waals surface area contributed by atoms with Crippen LogP contribution in [0.4, 0.5) is 5.82 Å². The standard InChI is InChI=1S/C18H24N4O3S/c1-5-25-18(24)14-10(2)13-15(20-11(3)21-17(13)26-14)22-8-6-7-12(9-22)16(23)19-4/h12H,5-9H2,1-4H3,(H,19,23). The van der Waals surface area contributed by atoms with E-state index >= 15 is 0 Å². The predicted octanol–water partition coefficient (Wildman–Crippen LogP) is 2.45. The number of esters is 1. The molecule has 0 bridgehead atoms. The highest BCUT2D eigenvalue weighted by molar-refractivity contribution is 7.20. The average Bonchev–Trinajstić information content (AvgIpc) is 2.97. The molecule has 1 N–H and O–H groups in total. The van der Waals surface area contributed by atoms with E-state index in [1.165, 1.54) is 11.3 Å². The van der Waals surface area contributed by atoms with Crippen molar-refractivity contribution in [2.75, 3.05) is 31.6 Å². The fourth-order valence-electron chi connectivity index (χ4n) is 3.43. The number of thiophene rings is 1. The minimum atomic E-state index is -0.321. The molecule has 0 aromatic carbocycles. The van der Waals surface area contributed by atoms with Crippen LogP contribution in [0.3, 0.4) is 0 Å². The minimum Gasteiger partial charge on any atom is -0.462 e. The van der Waals surface area contributed by atoms with E-state index in [1.807, 2.05) is 13.8 Å². The summed E-state index contributed by atoms with van der Waals surface area (Å²) in [6.45, 7) is 7.35. The van der Waals surface area contributed by atoms with Crippen LogP contribution < -0.4 is 10.2 Å². The maximum Gasteiger partial charge on any atom is 0.348 e. The van der Waals surface area contributed by atoms with Crippen LogP contribution in [-0.2, 0) is 9.53 Å². The molecule has 2 aromatic rings. The van der Waals surface area contributed by atoms with Crippen LogP contribution in [0.5, 0.6) is 0 Å². The molecule has 0 aliphatic carbocycles. The van der Waals surface area contributed by atoms with Gasteiger partial charge in [-0.05, 0) is 39.2 Å². The Bertz CT molecular complexity index is 849. The number of ether oxygens (including phenoxy) is 1. The van der Waals surface area contributed by atoms with Gasteiger partial charge in [-0.15, -0.1) is 11.3 Å². The van der Waals surface area contributed by atoms with Crippen molar-refractivity contribution in [3.8, 4) is 0 Å². The summed E-state index contributed by atoms with van der Waals surface area (Å²) in [6.07, 6.45) is 1.80. The van der Waals surface area contributed by atoms with E-state index in [0.29, 0.717) is 23.9 Å². The molecule has 1 fully saturated rings. The molecule has 1 aliphatic heterocycles. The summed E-state index contributed by atoms with van der Waals surface area (Å²) in [7, 11) is 1.67. The summed E-state index contributed by atoms with van der Waals surface area (Å²) in [5, 5.41) is 3.63. The number of hydrogen-bond acceptors (Lipinski definition) is 7. The van der Waals surface area contributed by atoms with Gasteiger partial charge in [0.1, 0.15) is 21.3 Å². The number of nitrogens with one attached hydrogen (secondary N) is 1. The predicted molar refractivity (Wildman–Crippen MR) is 102 cm³/mol. The Morgan fingerprint density at radius 3 is 2.81 bits per heavy atom. The Morgan fingerprint density at radius 2 is 2.12 bits per heavy atom. The van der Waals surface area contributed by atoms with Crippen molar-refractivity contribution in [3.63, 3.8) is 0 Å². The van der Waals surface area contributed by atoms with E-state index < -0.39 is 0 Å². The molecule has 1 saturated heterocycles. The number of rotatable bonds is 4. The lowest BCUT2D eigenvalue weighted by Crippen LogP contribution is -2.42. The number of carbonyl (C=O) groups is 2. The van der Waals surface area contributed by atoms with Crippen molar-refractivity contribution in [1.82, 2.24) is 15.3 Å². The van der Waals surface area contributed by atoms with E-state index in [2.05, 4.69) is 20.2 Å². The zero-order valence-electron chi connectivity index (χ0n) is 15.6. The molecule has 8 heteroatoms. The third-order valence-electron chi connectivity index (χ3n) is 4.68. The smallest absolute Gasteiger partial charge is 0.348 e. The van der Waals surface area contributed by atoms with Gasteiger partial charge in [0, 0.05) is 20.1 Å². The number of hydrogen-bond donors (Lipinski definition) is 1. The van der Waals surface area contributed by atoms with Crippen LogP contribution in [-0.4, -0.2) is 48.6 Å². The van der Waals surface area contributed by atoms with Gasteiger partial charge in [0.25, 0.3) is 0 Å². The Balaban J connectivity index is 2.05. The lowest BCUT2D eigenvalue weighted by Gasteiger charge is -2.33. The van der Waals surface area contributed by atoms with E-state index in [4.69, 9.17) is 4.74 Å². The summed E-state index contributed by atoms with van der Waals surface area (Å²) in [5.74, 6) is 1.16. The Morgan fingerprint density at radius 1 is 1.35 bits per heavy atom. The number of aryl methyl sites for hydroxylation is 2. The van der Waals surface area contributed by atoms with Crippen LogP contribution in [0.2, 0.25) is 0 Å². The number of aromatic nitrogens is 2. The van der Waals surface area contributed by atoms with Gasteiger partial charge in [0.05, 0.1) is 17.9 Å². The normalized spacial score (nSPS) is 17.4. The summed E-state index contributed by atoms with van der Waals surface area (Å²) < 4.78 is 5.17. The van der Waals surface area contributed by atoms with E-state index in [0.717, 1.165) is 41.0 Å². The summed E-state index contributed by atoms with van der Waals surface area (Å²) in [5.41, 5.74) is 0.848. The molecule has 1 atom stereocenters. The molecule has 3 heterocycles. The van der Waals surface area contributed by atoms with Crippen LogP contribution in [0.15, 0.2) is 0 Å². The number of carbonyl (C=O) groups excluding carboxylic acids is 2. The third kappa shape index (κ3) is 3.38. The highest BCUT2D eigenvalue weighted by Crippen LogP contribution is 2.37. The second-order valence-corrected chi connectivity index (χ2v) is 7.45. The molecule has 1 unspecified atom stereocenters. The van der Waals surface area contributed by atoms with Gasteiger partial charge >= 0.3 is 5.97 Å². The van der Waals surface area contributed by atoms with Gasteiger partial charge in [0.2, 0.25) is 5.91 Å². The molecule has 7 nitrogen and oxygen atoms in total. The Hall–Kier alpha value is -2.22. The lowest BCUT2D eigenvalue weighted by atomic mass is 9.97. The number of nitrogens with zero attached hydrogens (tertiary/aromatic N) is 3. The molecule has 2 aromatic heterocycles. The fourth-order valence-corrected chi connectivity index (χ4v) is 4.54. The zero-order chi connectivity index (χ0) is 18.8. The van der Waals surface area contributed by atoms with E-state index in [-0.39, 0.29) is 17.8 Å². The van der Waals surface area contributed by atoms with Crippen molar-refractivity contribution in [2.45, 2.75) is 33.6 Å². The van der Waals surface area contributed by atoms with Gasteiger partial charge in [-0.1, -0.05) is 0 Å². The molecule has 0 spiro atoms. The molecular formula is C18H24N4O3S. The SMILES string of the molecule is CCOC(=O)c1sc2nc(C)nc(N3CCCC(C(=O)NC)C3)c2c1C. The molecular weight excluding hydrogens is 352 g/mol. The second-order valence-electron chi connectivity index (χ2n) is 6.45. The van der Waals surface area contributed by atoms with Gasteiger partial charge in [-0.2, -0.15) is 0 Å². The zero-order valence-corrected chi connectivity index (χ0v) is 16.4. The first-order valence-electron chi connectivity index (χ1n) is 8.87. The van der Waals surface area contributed by atoms with Gasteiger partial charge < -0.3 is 15.0 Å². The third-order valence-corrected chi connectivity index (χ3v) is 5.85. The first-order valence-corrected chi connectivity index (χ1v) is 9.69. The maximum absolute atomic E-state index is 12.3. The van der Waals surface area contributed by atoms with Crippen LogP contribution >= 0.6 is 11.3 Å². The molecule has 1 aliphatic rings. The van der Waals surface area contributed by atoms with Gasteiger partial charge in [-0.25, -0.2) is 14.8 Å². The molecule has 0 radical (unpaired) electrons. The molecule has 3 rings (SSSR count). The van der Waals surface area contributed by atoms with Crippen molar-refractivity contribution in [1.29, 1.82) is 0 Å². The van der Waals surface area contributed by atoms with E-state index in [9.17, 15) is 9.59 Å². The largest absolute Gasteiger partial charge is 0.462 e. The average molecular weight is 376 g/mol. The first kappa shape index (κ1) is 18.6. The van der Waals surface area contributed by atoms with Gasteiger partial charge in [0.15, 0.2) is 0 Å². The van der Waals surface area contributed by atoms with E-state index in [1.54, 1.807) is 14.0 Å². The highest BCUT2D eigenvalue weighted by atomic mass is 32.1. The monoisotopic (exact) mass is 376 g/mol. The maximum atomic E-state index is 12.3. The molecule has 1 amide bonds. The fraction of sp³-hybridized carbons (Fsp3) is 0.556. The van der Waals surface area contributed by atoms with Crippen molar-refractivity contribution < 1.29 is 14.3 Å². The number of piperidine rings is 1. The highest BCUT2D eigenvalue weighted by Gasteiger charge is 2.29. The lowest BCUT2D eigenvalue weighted by molar-refractivity contribution is -0.124. The number of amides is 1. The van der Waals surface area contributed by atoms with Crippen LogP contribution in [0, 0.1) is 19.8 Å². The van der Waals surface area contributed by atoms with Crippen LogP contribution in [0.25, 0.3) is 10.2 Å². The van der Waals surface area contributed by atoms with Crippen molar-refractivity contribution in [2.24, 2.45) is 5.92 Å². The minimum absolute atomic E-state index is 0.0532.